The molecule has 0 aromatic carbocycles. The Hall–Kier alpha value is -2.02. The van der Waals surface area contributed by atoms with Crippen molar-refractivity contribution in [1.82, 2.24) is 14.9 Å². The Labute approximate surface area is 138 Å². The number of hydrogen-bond acceptors (Lipinski definition) is 5. The van der Waals surface area contributed by atoms with Crippen molar-refractivity contribution in [2.45, 2.75) is 18.9 Å². The molecule has 1 atom stereocenters. The van der Waals surface area contributed by atoms with Crippen LogP contribution in [0.1, 0.15) is 24.4 Å². The van der Waals surface area contributed by atoms with Crippen molar-refractivity contribution in [3.05, 3.63) is 35.9 Å². The van der Waals surface area contributed by atoms with Gasteiger partial charge in [-0.2, -0.15) is 0 Å². The molecule has 8 heteroatoms. The number of rotatable bonds is 6. The first-order valence-corrected chi connectivity index (χ1v) is 7.97. The zero-order valence-electron chi connectivity index (χ0n) is 12.8. The van der Waals surface area contributed by atoms with Crippen LogP contribution in [0.5, 0.6) is 5.88 Å². The molecule has 0 unspecified atom stereocenters. The number of anilines is 1. The minimum atomic E-state index is -0.375. The summed E-state index contributed by atoms with van der Waals surface area (Å²) in [5.74, 6) is 1.25. The van der Waals surface area contributed by atoms with Crippen molar-refractivity contribution in [3.63, 3.8) is 0 Å². The van der Waals surface area contributed by atoms with Crippen LogP contribution in [0.3, 0.4) is 0 Å². The van der Waals surface area contributed by atoms with E-state index in [4.69, 9.17) is 21.2 Å². The Morgan fingerprint density at radius 3 is 3.13 bits per heavy atom. The average molecular weight is 341 g/mol. The highest BCUT2D eigenvalue weighted by molar-refractivity contribution is 6.17. The number of methoxy groups -OCH3 is 1. The largest absolute Gasteiger partial charge is 0.481 e. The molecule has 0 saturated carbocycles. The van der Waals surface area contributed by atoms with Gasteiger partial charge in [-0.05, 0) is 18.9 Å². The topological polar surface area (TPSA) is 52.4 Å². The van der Waals surface area contributed by atoms with Crippen LogP contribution in [0.25, 0.3) is 0 Å². The SMILES string of the molecule is COc1ncc(F)cc1[C@H]1CCCN1c1ccnn1OCCCl. The zero-order valence-corrected chi connectivity index (χ0v) is 13.5. The van der Waals surface area contributed by atoms with Gasteiger partial charge in [0, 0.05) is 18.2 Å². The molecular weight excluding hydrogens is 323 g/mol. The minimum absolute atomic E-state index is 0.0387. The Balaban J connectivity index is 1.92. The van der Waals surface area contributed by atoms with E-state index in [2.05, 4.69) is 15.0 Å². The fourth-order valence-electron chi connectivity index (χ4n) is 2.93. The first kappa shape index (κ1) is 15.9. The Kier molecular flexibility index (Phi) is 4.85. The third-order valence-corrected chi connectivity index (χ3v) is 3.98. The van der Waals surface area contributed by atoms with Crippen molar-refractivity contribution in [2.75, 3.05) is 31.0 Å². The second kappa shape index (κ2) is 7.04. The zero-order chi connectivity index (χ0) is 16.2. The van der Waals surface area contributed by atoms with Gasteiger partial charge in [-0.3, -0.25) is 0 Å². The van der Waals surface area contributed by atoms with Crippen LogP contribution in [0.15, 0.2) is 24.5 Å². The van der Waals surface area contributed by atoms with Gasteiger partial charge in [0.15, 0.2) is 5.82 Å². The Bertz CT molecular complexity index is 667. The molecule has 0 aliphatic carbocycles. The lowest BCUT2D eigenvalue weighted by Gasteiger charge is -2.27. The van der Waals surface area contributed by atoms with Crippen LogP contribution in [0.2, 0.25) is 0 Å². The van der Waals surface area contributed by atoms with Gasteiger partial charge in [-0.25, -0.2) is 9.37 Å². The van der Waals surface area contributed by atoms with Crippen molar-refractivity contribution in [3.8, 4) is 5.88 Å². The molecule has 3 rings (SSSR count). The molecule has 124 valence electrons. The molecule has 6 nitrogen and oxygen atoms in total. The summed E-state index contributed by atoms with van der Waals surface area (Å²) in [6.07, 6.45) is 4.68. The van der Waals surface area contributed by atoms with E-state index in [1.54, 1.807) is 6.20 Å². The van der Waals surface area contributed by atoms with E-state index in [9.17, 15) is 4.39 Å². The summed E-state index contributed by atoms with van der Waals surface area (Å²) in [7, 11) is 1.54. The quantitative estimate of drug-likeness (QED) is 0.756. The van der Waals surface area contributed by atoms with Gasteiger partial charge in [0.1, 0.15) is 12.4 Å². The maximum atomic E-state index is 13.7. The molecular formula is C15H18ClFN4O2. The summed E-state index contributed by atoms with van der Waals surface area (Å²) in [6, 6.07) is 3.31. The number of halogens is 2. The molecule has 2 aromatic heterocycles. The number of aromatic nitrogens is 3. The number of ether oxygens (including phenoxy) is 1. The van der Waals surface area contributed by atoms with Gasteiger partial charge in [-0.1, -0.05) is 4.85 Å². The number of alkyl halides is 1. The summed E-state index contributed by atoms with van der Waals surface area (Å²) in [6.45, 7) is 1.18. The first-order chi connectivity index (χ1) is 11.2. The van der Waals surface area contributed by atoms with Crippen LogP contribution in [0, 0.1) is 5.82 Å². The van der Waals surface area contributed by atoms with E-state index in [1.165, 1.54) is 18.0 Å². The predicted octanol–water partition coefficient (Wildman–Crippen LogP) is 2.43. The van der Waals surface area contributed by atoms with Crippen molar-refractivity contribution in [1.29, 1.82) is 0 Å². The lowest BCUT2D eigenvalue weighted by molar-refractivity contribution is 0.0964. The number of pyridine rings is 1. The molecule has 0 bridgehead atoms. The fraction of sp³-hybridized carbons (Fsp3) is 0.467. The summed E-state index contributed by atoms with van der Waals surface area (Å²) < 4.78 is 19.0. The molecule has 0 N–H and O–H groups in total. The van der Waals surface area contributed by atoms with Crippen LogP contribution < -0.4 is 14.5 Å². The molecule has 0 radical (unpaired) electrons. The maximum absolute atomic E-state index is 13.7. The van der Waals surface area contributed by atoms with Crippen LogP contribution in [-0.4, -0.2) is 41.1 Å². The second-order valence-electron chi connectivity index (χ2n) is 5.19. The highest BCUT2D eigenvalue weighted by Gasteiger charge is 2.31. The molecule has 1 aliphatic heterocycles. The monoisotopic (exact) mass is 340 g/mol. The van der Waals surface area contributed by atoms with E-state index in [0.29, 0.717) is 18.4 Å². The number of hydrogen-bond donors (Lipinski definition) is 0. The summed E-state index contributed by atoms with van der Waals surface area (Å²) in [4.78, 5) is 13.1. The van der Waals surface area contributed by atoms with E-state index in [0.717, 1.165) is 37.0 Å². The van der Waals surface area contributed by atoms with Crippen molar-refractivity contribution in [2.24, 2.45) is 0 Å². The molecule has 0 spiro atoms. The lowest BCUT2D eigenvalue weighted by atomic mass is 10.1. The molecule has 0 amide bonds. The van der Waals surface area contributed by atoms with Crippen LogP contribution in [0.4, 0.5) is 10.2 Å². The molecule has 23 heavy (non-hydrogen) atoms. The standard InChI is InChI=1S/C15H18ClFN4O2/c1-22-15-12(9-11(17)10-18-15)13-3-2-7-20(13)14-4-6-19-21(14)23-8-5-16/h4,6,9-10,13H,2-3,5,7-8H2,1H3/t13-/m1/s1. The molecule has 1 fully saturated rings. The van der Waals surface area contributed by atoms with Crippen LogP contribution >= 0.6 is 11.6 Å². The smallest absolute Gasteiger partial charge is 0.218 e. The summed E-state index contributed by atoms with van der Waals surface area (Å²) in [5.41, 5.74) is 0.732. The number of nitrogens with zero attached hydrogens (tertiary/aromatic N) is 4. The van der Waals surface area contributed by atoms with E-state index in [1.807, 2.05) is 6.07 Å². The van der Waals surface area contributed by atoms with Gasteiger partial charge in [0.05, 0.1) is 31.4 Å². The molecule has 3 heterocycles. The highest BCUT2D eigenvalue weighted by atomic mass is 35.5. The van der Waals surface area contributed by atoms with Gasteiger partial charge >= 0.3 is 0 Å². The normalized spacial score (nSPS) is 17.5. The lowest BCUT2D eigenvalue weighted by Crippen LogP contribution is -2.28. The highest BCUT2D eigenvalue weighted by Crippen LogP contribution is 2.39. The first-order valence-electron chi connectivity index (χ1n) is 7.44. The molecule has 1 saturated heterocycles. The second-order valence-corrected chi connectivity index (χ2v) is 5.57. The predicted molar refractivity (Wildman–Crippen MR) is 84.5 cm³/mol. The summed E-state index contributed by atoms with van der Waals surface area (Å²) >= 11 is 5.67. The summed E-state index contributed by atoms with van der Waals surface area (Å²) in [5, 5.41) is 4.16. The van der Waals surface area contributed by atoms with Crippen molar-refractivity contribution < 1.29 is 14.0 Å². The fourth-order valence-corrected chi connectivity index (χ4v) is 2.99. The Morgan fingerprint density at radius 2 is 2.35 bits per heavy atom. The van der Waals surface area contributed by atoms with E-state index < -0.39 is 0 Å². The van der Waals surface area contributed by atoms with Gasteiger partial charge < -0.3 is 14.5 Å². The van der Waals surface area contributed by atoms with Gasteiger partial charge in [-0.15, -0.1) is 16.7 Å². The van der Waals surface area contributed by atoms with Gasteiger partial charge in [0.25, 0.3) is 0 Å². The van der Waals surface area contributed by atoms with E-state index in [-0.39, 0.29) is 11.9 Å². The van der Waals surface area contributed by atoms with Crippen LogP contribution in [-0.2, 0) is 0 Å². The Morgan fingerprint density at radius 1 is 1.48 bits per heavy atom. The van der Waals surface area contributed by atoms with Gasteiger partial charge in [0.2, 0.25) is 5.88 Å². The third kappa shape index (κ3) is 3.19. The van der Waals surface area contributed by atoms with E-state index >= 15 is 0 Å². The maximum Gasteiger partial charge on any atom is 0.218 e. The molecule has 2 aromatic rings. The minimum Gasteiger partial charge on any atom is -0.481 e. The third-order valence-electron chi connectivity index (χ3n) is 3.83. The molecule has 1 aliphatic rings. The van der Waals surface area contributed by atoms with Crippen molar-refractivity contribution >= 4 is 17.4 Å². The average Bonchev–Trinajstić information content (AvgIpc) is 3.21.